The molecule has 3 atom stereocenters. The molecular formula is C15H29NO. The number of carbonyl (C=O) groups excluding carboxylic acids is 1. The molecule has 1 N–H and O–H groups in total. The SMILES string of the molecule is CCCC(CC)C(=O)NCC1CCCC(C)C1. The van der Waals surface area contributed by atoms with Gasteiger partial charge < -0.3 is 5.32 Å². The van der Waals surface area contributed by atoms with Gasteiger partial charge in [0.1, 0.15) is 0 Å². The fraction of sp³-hybridized carbons (Fsp3) is 0.933. The van der Waals surface area contributed by atoms with Crippen LogP contribution in [-0.4, -0.2) is 12.5 Å². The first-order valence-corrected chi connectivity index (χ1v) is 7.45. The maximum absolute atomic E-state index is 12.0. The van der Waals surface area contributed by atoms with Crippen molar-refractivity contribution < 1.29 is 4.79 Å². The molecule has 1 aliphatic rings. The van der Waals surface area contributed by atoms with Gasteiger partial charge in [-0.1, -0.05) is 40.0 Å². The standard InChI is InChI=1S/C15H29NO/c1-4-7-14(5-2)15(17)16-11-13-9-6-8-12(3)10-13/h12-14H,4-11H2,1-3H3,(H,16,17). The number of amides is 1. The normalized spacial score (nSPS) is 26.5. The first-order chi connectivity index (χ1) is 8.17. The molecule has 0 bridgehead atoms. The van der Waals surface area contributed by atoms with Gasteiger partial charge in [-0.2, -0.15) is 0 Å². The van der Waals surface area contributed by atoms with Crippen molar-refractivity contribution >= 4 is 5.91 Å². The molecule has 0 aromatic carbocycles. The molecule has 3 unspecified atom stereocenters. The van der Waals surface area contributed by atoms with Crippen LogP contribution in [0.4, 0.5) is 0 Å². The van der Waals surface area contributed by atoms with Gasteiger partial charge in [-0.3, -0.25) is 4.79 Å². The fourth-order valence-electron chi connectivity index (χ4n) is 3.00. The molecule has 1 rings (SSSR count). The predicted molar refractivity (Wildman–Crippen MR) is 72.8 cm³/mol. The molecule has 17 heavy (non-hydrogen) atoms. The van der Waals surface area contributed by atoms with Gasteiger partial charge in [0.25, 0.3) is 0 Å². The lowest BCUT2D eigenvalue weighted by Crippen LogP contribution is -2.35. The highest BCUT2D eigenvalue weighted by atomic mass is 16.1. The smallest absolute Gasteiger partial charge is 0.223 e. The highest BCUT2D eigenvalue weighted by Crippen LogP contribution is 2.28. The van der Waals surface area contributed by atoms with E-state index in [0.717, 1.165) is 37.6 Å². The summed E-state index contributed by atoms with van der Waals surface area (Å²) in [5.41, 5.74) is 0. The minimum absolute atomic E-state index is 0.237. The highest BCUT2D eigenvalue weighted by Gasteiger charge is 2.21. The predicted octanol–water partition coefficient (Wildman–Crippen LogP) is 3.76. The van der Waals surface area contributed by atoms with E-state index in [1.807, 2.05) is 0 Å². The maximum atomic E-state index is 12.0. The summed E-state index contributed by atoms with van der Waals surface area (Å²) in [6.45, 7) is 7.50. The Morgan fingerprint density at radius 3 is 2.71 bits per heavy atom. The molecule has 1 amide bonds. The zero-order valence-corrected chi connectivity index (χ0v) is 11.8. The number of rotatable bonds is 6. The van der Waals surface area contributed by atoms with E-state index in [-0.39, 0.29) is 11.8 Å². The number of hydrogen-bond acceptors (Lipinski definition) is 1. The van der Waals surface area contributed by atoms with E-state index in [0.29, 0.717) is 0 Å². The van der Waals surface area contributed by atoms with Crippen LogP contribution >= 0.6 is 0 Å². The van der Waals surface area contributed by atoms with Crippen LogP contribution in [0.3, 0.4) is 0 Å². The lowest BCUT2D eigenvalue weighted by molar-refractivity contribution is -0.125. The average Bonchev–Trinajstić information content (AvgIpc) is 2.33. The van der Waals surface area contributed by atoms with E-state index in [1.165, 1.54) is 25.7 Å². The molecule has 1 fully saturated rings. The number of hydrogen-bond donors (Lipinski definition) is 1. The van der Waals surface area contributed by atoms with Crippen LogP contribution in [0.15, 0.2) is 0 Å². The van der Waals surface area contributed by atoms with Crippen molar-refractivity contribution in [3.8, 4) is 0 Å². The average molecular weight is 239 g/mol. The fourth-order valence-corrected chi connectivity index (χ4v) is 3.00. The van der Waals surface area contributed by atoms with Crippen molar-refractivity contribution in [2.24, 2.45) is 17.8 Å². The van der Waals surface area contributed by atoms with Crippen LogP contribution in [0.5, 0.6) is 0 Å². The summed E-state index contributed by atoms with van der Waals surface area (Å²) in [4.78, 5) is 12.0. The van der Waals surface area contributed by atoms with Gasteiger partial charge in [0, 0.05) is 12.5 Å². The summed E-state index contributed by atoms with van der Waals surface area (Å²) in [7, 11) is 0. The second-order valence-electron chi connectivity index (χ2n) is 5.78. The van der Waals surface area contributed by atoms with E-state index in [1.54, 1.807) is 0 Å². The monoisotopic (exact) mass is 239 g/mol. The van der Waals surface area contributed by atoms with Gasteiger partial charge in [0.2, 0.25) is 5.91 Å². The number of carbonyl (C=O) groups is 1. The quantitative estimate of drug-likeness (QED) is 0.751. The van der Waals surface area contributed by atoms with E-state index < -0.39 is 0 Å². The Kier molecular flexibility index (Phi) is 6.61. The first-order valence-electron chi connectivity index (χ1n) is 7.45. The Hall–Kier alpha value is -0.530. The third kappa shape index (κ3) is 5.10. The zero-order valence-electron chi connectivity index (χ0n) is 11.8. The molecule has 2 heteroatoms. The van der Waals surface area contributed by atoms with Gasteiger partial charge in [0.05, 0.1) is 0 Å². The molecule has 0 aromatic heterocycles. The molecule has 0 radical (unpaired) electrons. The minimum Gasteiger partial charge on any atom is -0.356 e. The summed E-state index contributed by atoms with van der Waals surface area (Å²) >= 11 is 0. The lowest BCUT2D eigenvalue weighted by Gasteiger charge is -2.27. The van der Waals surface area contributed by atoms with Crippen LogP contribution in [0, 0.1) is 17.8 Å². The van der Waals surface area contributed by atoms with Gasteiger partial charge in [-0.15, -0.1) is 0 Å². The van der Waals surface area contributed by atoms with Crippen LogP contribution in [0.1, 0.15) is 65.7 Å². The minimum atomic E-state index is 0.237. The van der Waals surface area contributed by atoms with E-state index in [2.05, 4.69) is 26.1 Å². The summed E-state index contributed by atoms with van der Waals surface area (Å²) < 4.78 is 0. The Labute approximate surface area is 107 Å². The van der Waals surface area contributed by atoms with E-state index in [9.17, 15) is 4.79 Å². The van der Waals surface area contributed by atoms with Crippen molar-refractivity contribution in [2.75, 3.05) is 6.54 Å². The zero-order chi connectivity index (χ0) is 12.7. The van der Waals surface area contributed by atoms with E-state index in [4.69, 9.17) is 0 Å². The summed E-state index contributed by atoms with van der Waals surface area (Å²) in [6, 6.07) is 0. The van der Waals surface area contributed by atoms with Crippen molar-refractivity contribution in [3.63, 3.8) is 0 Å². The maximum Gasteiger partial charge on any atom is 0.223 e. The van der Waals surface area contributed by atoms with Crippen molar-refractivity contribution in [3.05, 3.63) is 0 Å². The van der Waals surface area contributed by atoms with Gasteiger partial charge in [-0.05, 0) is 37.5 Å². The molecule has 0 heterocycles. The molecular weight excluding hydrogens is 210 g/mol. The van der Waals surface area contributed by atoms with Crippen molar-refractivity contribution in [2.45, 2.75) is 65.7 Å². The van der Waals surface area contributed by atoms with Crippen molar-refractivity contribution in [1.82, 2.24) is 5.32 Å². The Balaban J connectivity index is 2.26. The van der Waals surface area contributed by atoms with Crippen LogP contribution in [0.2, 0.25) is 0 Å². The second-order valence-corrected chi connectivity index (χ2v) is 5.78. The Morgan fingerprint density at radius 1 is 1.35 bits per heavy atom. The van der Waals surface area contributed by atoms with Crippen LogP contribution in [0.25, 0.3) is 0 Å². The molecule has 2 nitrogen and oxygen atoms in total. The largest absolute Gasteiger partial charge is 0.356 e. The number of nitrogens with one attached hydrogen (secondary N) is 1. The summed E-state index contributed by atoms with van der Waals surface area (Å²) in [6.07, 6.45) is 8.42. The molecule has 1 aliphatic carbocycles. The molecule has 100 valence electrons. The Bertz CT molecular complexity index is 227. The second kappa shape index (κ2) is 7.73. The third-order valence-electron chi connectivity index (χ3n) is 4.11. The molecule has 0 aliphatic heterocycles. The first kappa shape index (κ1) is 14.5. The highest BCUT2D eigenvalue weighted by molar-refractivity contribution is 5.78. The topological polar surface area (TPSA) is 29.1 Å². The Morgan fingerprint density at radius 2 is 2.12 bits per heavy atom. The van der Waals surface area contributed by atoms with Crippen LogP contribution < -0.4 is 5.32 Å². The molecule has 0 spiro atoms. The molecule has 0 aromatic rings. The van der Waals surface area contributed by atoms with E-state index >= 15 is 0 Å². The molecule has 1 saturated carbocycles. The van der Waals surface area contributed by atoms with Gasteiger partial charge in [-0.25, -0.2) is 0 Å². The van der Waals surface area contributed by atoms with Crippen molar-refractivity contribution in [1.29, 1.82) is 0 Å². The van der Waals surface area contributed by atoms with Gasteiger partial charge >= 0.3 is 0 Å². The summed E-state index contributed by atoms with van der Waals surface area (Å²) in [5.74, 6) is 2.10. The van der Waals surface area contributed by atoms with Gasteiger partial charge in [0.15, 0.2) is 0 Å². The lowest BCUT2D eigenvalue weighted by atomic mass is 9.82. The third-order valence-corrected chi connectivity index (χ3v) is 4.11. The van der Waals surface area contributed by atoms with Crippen LogP contribution in [-0.2, 0) is 4.79 Å². The molecule has 0 saturated heterocycles. The summed E-state index contributed by atoms with van der Waals surface area (Å²) in [5, 5.41) is 3.17.